The Kier molecular flexibility index (Phi) is 11.1. The highest BCUT2D eigenvalue weighted by molar-refractivity contribution is 7.07. The van der Waals surface area contributed by atoms with Gasteiger partial charge in [-0.1, -0.05) is 44.9 Å². The molecule has 0 spiro atoms. The van der Waals surface area contributed by atoms with E-state index >= 15 is 0 Å². The number of hydrogen-bond acceptors (Lipinski definition) is 5. The number of aromatic nitrogens is 1. The summed E-state index contributed by atoms with van der Waals surface area (Å²) in [5.41, 5.74) is 7.06. The van der Waals surface area contributed by atoms with E-state index in [0.717, 1.165) is 80.6 Å². The van der Waals surface area contributed by atoms with Crippen LogP contribution >= 0.6 is 11.3 Å². The van der Waals surface area contributed by atoms with E-state index in [-0.39, 0.29) is 23.0 Å². The minimum atomic E-state index is -1.84. The Hall–Kier alpha value is -2.92. The summed E-state index contributed by atoms with van der Waals surface area (Å²) in [5, 5.41) is 2.15. The Morgan fingerprint density at radius 3 is 2.37 bits per heavy atom. The standard InChI is InChI=1S/C39H52N2O3SSi/c1-28-23-33(18-22-37(28)43-5)31-14-11-30(12-15-31)25-41(35-10-8-9-29(24-35)13-19-34-26-45-27-40-34)38(42)32-16-20-36(21-17-32)44-46(6,7)39(2,3)4/h8-10,18,22-24,26-27,30-32,36H,11-12,14-17,20-21,25H2,1-7H3/t30-,31-,32-,36-. The molecule has 0 radical (unpaired) electrons. The molecule has 1 heterocycles. The van der Waals surface area contributed by atoms with Crippen LogP contribution in [0.25, 0.3) is 0 Å². The van der Waals surface area contributed by atoms with Gasteiger partial charge in [0.05, 0.1) is 12.6 Å². The van der Waals surface area contributed by atoms with Crippen molar-refractivity contribution >= 4 is 31.2 Å². The Labute approximate surface area is 282 Å². The predicted octanol–water partition coefficient (Wildman–Crippen LogP) is 9.75. The van der Waals surface area contributed by atoms with Crippen LogP contribution in [0.5, 0.6) is 5.75 Å². The molecule has 0 bridgehead atoms. The molecular weight excluding hydrogens is 605 g/mol. The molecule has 0 aliphatic heterocycles. The molecule has 0 unspecified atom stereocenters. The molecule has 0 atom stereocenters. The molecule has 0 saturated heterocycles. The number of hydrogen-bond donors (Lipinski definition) is 0. The molecule has 246 valence electrons. The lowest BCUT2D eigenvalue weighted by molar-refractivity contribution is -0.124. The molecule has 7 heteroatoms. The van der Waals surface area contributed by atoms with Crippen molar-refractivity contribution in [3.8, 4) is 17.6 Å². The van der Waals surface area contributed by atoms with E-state index in [2.05, 4.69) is 92.8 Å². The first-order valence-electron chi connectivity index (χ1n) is 17.1. The van der Waals surface area contributed by atoms with Crippen molar-refractivity contribution in [3.05, 3.63) is 75.7 Å². The molecule has 3 aromatic rings. The molecule has 1 amide bonds. The zero-order valence-electron chi connectivity index (χ0n) is 28.9. The Morgan fingerprint density at radius 1 is 1.00 bits per heavy atom. The normalized spacial score (nSPS) is 22.1. The number of methoxy groups -OCH3 is 1. The number of nitrogens with zero attached hydrogens (tertiary/aromatic N) is 2. The molecular formula is C39H52N2O3SSi. The summed E-state index contributed by atoms with van der Waals surface area (Å²) >= 11 is 1.55. The van der Waals surface area contributed by atoms with Gasteiger partial charge in [-0.2, -0.15) is 0 Å². The molecule has 2 aliphatic rings. The maximum Gasteiger partial charge on any atom is 0.230 e. The van der Waals surface area contributed by atoms with Gasteiger partial charge in [0.1, 0.15) is 11.4 Å². The fourth-order valence-corrected chi connectivity index (χ4v) is 8.72. The van der Waals surface area contributed by atoms with Crippen molar-refractivity contribution in [2.75, 3.05) is 18.6 Å². The SMILES string of the molecule is COc1ccc([C@H]2CC[C@H](CN(c3cccc(C#Cc4cscn4)c3)C(=O)[C@H]3CC[C@H](O[Si](C)(C)C(C)(C)C)CC3)CC2)cc1C. The maximum atomic E-state index is 14.4. The third kappa shape index (κ3) is 8.50. The van der Waals surface area contributed by atoms with Gasteiger partial charge >= 0.3 is 0 Å². The van der Waals surface area contributed by atoms with E-state index in [4.69, 9.17) is 9.16 Å². The predicted molar refractivity (Wildman–Crippen MR) is 193 cm³/mol. The van der Waals surface area contributed by atoms with E-state index < -0.39 is 8.32 Å². The van der Waals surface area contributed by atoms with Crippen LogP contribution in [0.3, 0.4) is 0 Å². The average Bonchev–Trinajstić information content (AvgIpc) is 3.56. The molecule has 1 aromatic heterocycles. The Balaban J connectivity index is 1.30. The van der Waals surface area contributed by atoms with Crippen LogP contribution in [-0.2, 0) is 9.22 Å². The number of thiazole rings is 1. The smallest absolute Gasteiger partial charge is 0.230 e. The number of ether oxygens (including phenoxy) is 1. The van der Waals surface area contributed by atoms with Gasteiger partial charge < -0.3 is 14.1 Å². The van der Waals surface area contributed by atoms with Crippen molar-refractivity contribution in [2.24, 2.45) is 11.8 Å². The first kappa shape index (κ1) is 34.4. The van der Waals surface area contributed by atoms with Crippen LogP contribution < -0.4 is 9.64 Å². The number of aryl methyl sites for hydroxylation is 1. The third-order valence-corrected chi connectivity index (χ3v) is 15.8. The fraction of sp³-hybridized carbons (Fsp3) is 0.538. The van der Waals surface area contributed by atoms with Crippen LogP contribution in [0, 0.1) is 30.6 Å². The van der Waals surface area contributed by atoms with Crippen LogP contribution in [-0.4, -0.2) is 39.0 Å². The van der Waals surface area contributed by atoms with Gasteiger partial charge in [-0.3, -0.25) is 4.79 Å². The van der Waals surface area contributed by atoms with Crippen LogP contribution in [0.15, 0.2) is 53.4 Å². The summed E-state index contributed by atoms with van der Waals surface area (Å²) < 4.78 is 12.3. The van der Waals surface area contributed by atoms with Crippen LogP contribution in [0.2, 0.25) is 18.1 Å². The van der Waals surface area contributed by atoms with Gasteiger partial charge in [0.2, 0.25) is 5.91 Å². The number of anilines is 1. The summed E-state index contributed by atoms with van der Waals surface area (Å²) in [6.45, 7) is 14.4. The maximum absolute atomic E-state index is 14.4. The summed E-state index contributed by atoms with van der Waals surface area (Å²) in [6.07, 6.45) is 8.50. The van der Waals surface area contributed by atoms with E-state index in [9.17, 15) is 4.79 Å². The van der Waals surface area contributed by atoms with Gasteiger partial charge in [0.25, 0.3) is 0 Å². The van der Waals surface area contributed by atoms with Crippen molar-refractivity contribution in [3.63, 3.8) is 0 Å². The number of benzene rings is 2. The highest BCUT2D eigenvalue weighted by Gasteiger charge is 2.41. The lowest BCUT2D eigenvalue weighted by Crippen LogP contribution is -2.46. The second kappa shape index (κ2) is 14.9. The van der Waals surface area contributed by atoms with Gasteiger partial charge in [0, 0.05) is 35.2 Å². The van der Waals surface area contributed by atoms with Crippen molar-refractivity contribution in [2.45, 2.75) is 109 Å². The van der Waals surface area contributed by atoms with Gasteiger partial charge in [-0.05, 0) is 130 Å². The number of rotatable bonds is 8. The summed E-state index contributed by atoms with van der Waals surface area (Å²) in [6, 6.07) is 14.9. The number of amides is 1. The lowest BCUT2D eigenvalue weighted by Gasteiger charge is -2.41. The van der Waals surface area contributed by atoms with E-state index in [0.29, 0.717) is 11.8 Å². The van der Waals surface area contributed by atoms with Crippen LogP contribution in [0.4, 0.5) is 5.69 Å². The van der Waals surface area contributed by atoms with E-state index in [1.165, 1.54) is 11.1 Å². The van der Waals surface area contributed by atoms with Crippen molar-refractivity contribution in [1.29, 1.82) is 0 Å². The van der Waals surface area contributed by atoms with Gasteiger partial charge in [0.15, 0.2) is 8.32 Å². The number of carbonyl (C=O) groups is 1. The molecule has 2 saturated carbocycles. The summed E-state index contributed by atoms with van der Waals surface area (Å²) in [7, 11) is -0.102. The first-order chi connectivity index (χ1) is 21.9. The topological polar surface area (TPSA) is 51.7 Å². The molecule has 2 fully saturated rings. The minimum Gasteiger partial charge on any atom is -0.496 e. The van der Waals surface area contributed by atoms with E-state index in [1.54, 1.807) is 24.0 Å². The monoisotopic (exact) mass is 656 g/mol. The summed E-state index contributed by atoms with van der Waals surface area (Å²) in [5.74, 6) is 8.73. The second-order valence-electron chi connectivity index (χ2n) is 14.9. The summed E-state index contributed by atoms with van der Waals surface area (Å²) in [4.78, 5) is 20.8. The minimum absolute atomic E-state index is 0.0302. The van der Waals surface area contributed by atoms with Crippen molar-refractivity contribution in [1.82, 2.24) is 4.98 Å². The highest BCUT2D eigenvalue weighted by atomic mass is 32.1. The van der Waals surface area contributed by atoms with Crippen LogP contribution in [0.1, 0.15) is 100 Å². The number of carbonyl (C=O) groups excluding carboxylic acids is 1. The molecule has 2 aliphatic carbocycles. The molecule has 2 aromatic carbocycles. The van der Waals surface area contributed by atoms with Gasteiger partial charge in [-0.25, -0.2) is 4.98 Å². The van der Waals surface area contributed by atoms with E-state index in [1.807, 2.05) is 17.5 Å². The Morgan fingerprint density at radius 2 is 1.74 bits per heavy atom. The molecule has 5 nitrogen and oxygen atoms in total. The Bertz CT molecular complexity index is 1520. The zero-order valence-corrected chi connectivity index (χ0v) is 30.7. The highest BCUT2D eigenvalue weighted by Crippen LogP contribution is 2.41. The molecule has 5 rings (SSSR count). The first-order valence-corrected chi connectivity index (χ1v) is 20.9. The third-order valence-electron chi connectivity index (χ3n) is 10.7. The average molecular weight is 657 g/mol. The van der Waals surface area contributed by atoms with Gasteiger partial charge in [-0.15, -0.1) is 11.3 Å². The quantitative estimate of drug-likeness (QED) is 0.179. The lowest BCUT2D eigenvalue weighted by atomic mass is 9.78. The largest absolute Gasteiger partial charge is 0.496 e. The molecule has 0 N–H and O–H groups in total. The second-order valence-corrected chi connectivity index (χ2v) is 20.4. The zero-order chi connectivity index (χ0) is 32.9. The fourth-order valence-electron chi connectivity index (χ4n) is 6.82. The molecule has 46 heavy (non-hydrogen) atoms. The van der Waals surface area contributed by atoms with Crippen molar-refractivity contribution < 1.29 is 14.0 Å².